The van der Waals surface area contributed by atoms with Crippen molar-refractivity contribution in [2.24, 2.45) is 0 Å². The third-order valence-electron chi connectivity index (χ3n) is 2.44. The summed E-state index contributed by atoms with van der Waals surface area (Å²) in [4.78, 5) is 13.6. The second-order valence-electron chi connectivity index (χ2n) is 4.12. The highest BCUT2D eigenvalue weighted by Gasteiger charge is 2.06. The fourth-order valence-electron chi connectivity index (χ4n) is 1.33. The minimum Gasteiger partial charge on any atom is -0.398 e. The average Bonchev–Trinajstić information content (AvgIpc) is 2.22. The molecule has 1 amide bonds. The van der Waals surface area contributed by atoms with E-state index in [2.05, 4.69) is 5.32 Å². The highest BCUT2D eigenvalue weighted by atomic mass is 16.1. The van der Waals surface area contributed by atoms with E-state index in [9.17, 15) is 4.79 Å². The Labute approximate surface area is 96.4 Å². The zero-order chi connectivity index (χ0) is 12.1. The van der Waals surface area contributed by atoms with Crippen LogP contribution in [0, 0.1) is 6.92 Å². The summed E-state index contributed by atoms with van der Waals surface area (Å²) in [7, 11) is 3.89. The van der Waals surface area contributed by atoms with Gasteiger partial charge in [-0.05, 0) is 38.7 Å². The number of carbonyl (C=O) groups is 1. The van der Waals surface area contributed by atoms with Crippen LogP contribution in [0.1, 0.15) is 12.0 Å². The highest BCUT2D eigenvalue weighted by molar-refractivity contribution is 5.92. The number of carbonyl (C=O) groups excluding carboxylic acids is 1. The van der Waals surface area contributed by atoms with Gasteiger partial charge in [0.1, 0.15) is 0 Å². The average molecular weight is 221 g/mol. The van der Waals surface area contributed by atoms with Gasteiger partial charge in [-0.3, -0.25) is 4.79 Å². The van der Waals surface area contributed by atoms with E-state index in [1.807, 2.05) is 44.1 Å². The number of hydrogen-bond donors (Lipinski definition) is 2. The van der Waals surface area contributed by atoms with Crippen LogP contribution in [0.4, 0.5) is 11.4 Å². The third-order valence-corrected chi connectivity index (χ3v) is 2.44. The Bertz CT molecular complexity index is 375. The molecule has 0 heterocycles. The van der Waals surface area contributed by atoms with Crippen molar-refractivity contribution < 1.29 is 4.79 Å². The van der Waals surface area contributed by atoms with Crippen molar-refractivity contribution in [3.05, 3.63) is 23.8 Å². The number of hydrogen-bond acceptors (Lipinski definition) is 3. The van der Waals surface area contributed by atoms with Crippen LogP contribution in [-0.2, 0) is 4.79 Å². The number of anilines is 2. The normalized spacial score (nSPS) is 10.5. The first-order valence-corrected chi connectivity index (χ1v) is 5.30. The zero-order valence-corrected chi connectivity index (χ0v) is 10.1. The van der Waals surface area contributed by atoms with Crippen LogP contribution in [0.2, 0.25) is 0 Å². The smallest absolute Gasteiger partial charge is 0.225 e. The monoisotopic (exact) mass is 221 g/mol. The van der Waals surface area contributed by atoms with E-state index in [0.29, 0.717) is 12.1 Å². The molecule has 0 saturated heterocycles. The Kier molecular flexibility index (Phi) is 4.31. The van der Waals surface area contributed by atoms with Gasteiger partial charge in [0.2, 0.25) is 5.91 Å². The zero-order valence-electron chi connectivity index (χ0n) is 10.1. The lowest BCUT2D eigenvalue weighted by Crippen LogP contribution is -2.21. The maximum atomic E-state index is 11.6. The largest absolute Gasteiger partial charge is 0.398 e. The van der Waals surface area contributed by atoms with Crippen LogP contribution in [0.25, 0.3) is 0 Å². The molecule has 4 nitrogen and oxygen atoms in total. The molecule has 0 aliphatic carbocycles. The molecule has 0 spiro atoms. The van der Waals surface area contributed by atoms with Crippen molar-refractivity contribution in [3.8, 4) is 0 Å². The molecule has 0 aliphatic rings. The van der Waals surface area contributed by atoms with Crippen LogP contribution < -0.4 is 11.1 Å². The Hall–Kier alpha value is -1.55. The van der Waals surface area contributed by atoms with E-state index in [1.54, 1.807) is 0 Å². The van der Waals surface area contributed by atoms with E-state index in [-0.39, 0.29) is 5.91 Å². The fraction of sp³-hybridized carbons (Fsp3) is 0.417. The first kappa shape index (κ1) is 12.5. The topological polar surface area (TPSA) is 58.4 Å². The lowest BCUT2D eigenvalue weighted by atomic mass is 10.1. The van der Waals surface area contributed by atoms with Gasteiger partial charge in [0.25, 0.3) is 0 Å². The van der Waals surface area contributed by atoms with Crippen LogP contribution in [0.15, 0.2) is 18.2 Å². The van der Waals surface area contributed by atoms with Gasteiger partial charge in [-0.1, -0.05) is 6.07 Å². The molecule has 1 aromatic rings. The van der Waals surface area contributed by atoms with Crippen molar-refractivity contribution in [1.82, 2.24) is 4.90 Å². The molecule has 0 atom stereocenters. The van der Waals surface area contributed by atoms with Gasteiger partial charge >= 0.3 is 0 Å². The number of benzene rings is 1. The first-order chi connectivity index (χ1) is 7.50. The number of amides is 1. The molecule has 1 rings (SSSR count). The van der Waals surface area contributed by atoms with Crippen molar-refractivity contribution in [2.45, 2.75) is 13.3 Å². The van der Waals surface area contributed by atoms with Gasteiger partial charge in [-0.15, -0.1) is 0 Å². The molecular formula is C12H19N3O. The molecule has 4 heteroatoms. The van der Waals surface area contributed by atoms with Gasteiger partial charge in [-0.25, -0.2) is 0 Å². The predicted molar refractivity (Wildman–Crippen MR) is 67.4 cm³/mol. The van der Waals surface area contributed by atoms with E-state index in [4.69, 9.17) is 5.73 Å². The standard InChI is InChI=1S/C12H19N3O/c1-9-10(13)5-4-6-11(9)14-12(16)7-8-15(2)3/h4-6H,7-8,13H2,1-3H3,(H,14,16). The van der Waals surface area contributed by atoms with Gasteiger partial charge in [-0.2, -0.15) is 0 Å². The molecule has 0 aliphatic heterocycles. The van der Waals surface area contributed by atoms with Gasteiger partial charge in [0.15, 0.2) is 0 Å². The Morgan fingerprint density at radius 2 is 2.12 bits per heavy atom. The van der Waals surface area contributed by atoms with Crippen molar-refractivity contribution >= 4 is 17.3 Å². The summed E-state index contributed by atoms with van der Waals surface area (Å²) in [6.45, 7) is 2.64. The summed E-state index contributed by atoms with van der Waals surface area (Å²) in [5.74, 6) is 0.0161. The Morgan fingerprint density at radius 1 is 1.44 bits per heavy atom. The van der Waals surface area contributed by atoms with Crippen LogP contribution >= 0.6 is 0 Å². The predicted octanol–water partition coefficient (Wildman–Crippen LogP) is 1.47. The molecule has 16 heavy (non-hydrogen) atoms. The van der Waals surface area contributed by atoms with Gasteiger partial charge in [0.05, 0.1) is 0 Å². The molecule has 0 radical (unpaired) electrons. The summed E-state index contributed by atoms with van der Waals surface area (Å²) in [5.41, 5.74) is 8.17. The summed E-state index contributed by atoms with van der Waals surface area (Å²) in [6, 6.07) is 5.52. The highest BCUT2D eigenvalue weighted by Crippen LogP contribution is 2.20. The number of nitrogens with one attached hydrogen (secondary N) is 1. The van der Waals surface area contributed by atoms with E-state index < -0.39 is 0 Å². The molecule has 0 saturated carbocycles. The molecular weight excluding hydrogens is 202 g/mol. The molecule has 1 aromatic carbocycles. The van der Waals surface area contributed by atoms with Crippen LogP contribution in [-0.4, -0.2) is 31.4 Å². The van der Waals surface area contributed by atoms with Crippen LogP contribution in [0.5, 0.6) is 0 Å². The van der Waals surface area contributed by atoms with E-state index in [1.165, 1.54) is 0 Å². The van der Waals surface area contributed by atoms with Crippen molar-refractivity contribution in [3.63, 3.8) is 0 Å². The molecule has 0 bridgehead atoms. The maximum Gasteiger partial charge on any atom is 0.225 e. The lowest BCUT2D eigenvalue weighted by Gasteiger charge is -2.12. The maximum absolute atomic E-state index is 11.6. The summed E-state index contributed by atoms with van der Waals surface area (Å²) < 4.78 is 0. The number of nitrogens with two attached hydrogens (primary N) is 1. The van der Waals surface area contributed by atoms with Crippen molar-refractivity contribution in [2.75, 3.05) is 31.7 Å². The summed E-state index contributed by atoms with van der Waals surface area (Å²) in [6.07, 6.45) is 0.487. The number of rotatable bonds is 4. The molecule has 0 fully saturated rings. The number of nitrogen functional groups attached to an aromatic ring is 1. The molecule has 0 aromatic heterocycles. The van der Waals surface area contributed by atoms with E-state index >= 15 is 0 Å². The second-order valence-corrected chi connectivity index (χ2v) is 4.12. The van der Waals surface area contributed by atoms with Crippen molar-refractivity contribution in [1.29, 1.82) is 0 Å². The SMILES string of the molecule is Cc1c(N)cccc1NC(=O)CCN(C)C. The van der Waals surface area contributed by atoms with E-state index in [0.717, 1.165) is 17.8 Å². The minimum absolute atomic E-state index is 0.0161. The molecule has 3 N–H and O–H groups in total. The third kappa shape index (κ3) is 3.55. The first-order valence-electron chi connectivity index (χ1n) is 5.30. The van der Waals surface area contributed by atoms with Gasteiger partial charge in [0, 0.05) is 24.3 Å². The number of nitrogens with zero attached hydrogens (tertiary/aromatic N) is 1. The Balaban J connectivity index is 2.59. The van der Waals surface area contributed by atoms with Gasteiger partial charge < -0.3 is 16.0 Å². The molecule has 0 unspecified atom stereocenters. The van der Waals surface area contributed by atoms with Crippen LogP contribution in [0.3, 0.4) is 0 Å². The second kappa shape index (κ2) is 5.51. The lowest BCUT2D eigenvalue weighted by molar-refractivity contribution is -0.116. The molecule has 88 valence electrons. The summed E-state index contributed by atoms with van der Waals surface area (Å²) >= 11 is 0. The summed E-state index contributed by atoms with van der Waals surface area (Å²) in [5, 5.41) is 2.86. The fourth-order valence-corrected chi connectivity index (χ4v) is 1.33. The quantitative estimate of drug-likeness (QED) is 0.757. The minimum atomic E-state index is 0.0161. The Morgan fingerprint density at radius 3 is 2.75 bits per heavy atom.